The van der Waals surface area contributed by atoms with Gasteiger partial charge in [0, 0.05) is 22.6 Å². The number of nitrogens with two attached hydrogens (primary N) is 1. The van der Waals surface area contributed by atoms with E-state index in [0.29, 0.717) is 17.6 Å². The summed E-state index contributed by atoms with van der Waals surface area (Å²) in [6.45, 7) is 4.44. The van der Waals surface area contributed by atoms with Gasteiger partial charge in [0.25, 0.3) is 0 Å². The van der Waals surface area contributed by atoms with Crippen molar-refractivity contribution in [2.75, 3.05) is 0 Å². The molecule has 0 heterocycles. The Hall–Kier alpha value is -0.670. The average molecular weight is 265 g/mol. The van der Waals surface area contributed by atoms with Gasteiger partial charge < -0.3 is 5.73 Å². The second kappa shape index (κ2) is 5.98. The first kappa shape index (κ1) is 13.8. The molecule has 1 aromatic carbocycles. The first-order valence-corrected chi connectivity index (χ1v) is 8.13. The molecule has 2 N–H and O–H groups in total. The number of hydrogen-bond donors (Lipinski definition) is 1. The third kappa shape index (κ3) is 3.21. The van der Waals surface area contributed by atoms with Crippen LogP contribution in [0.15, 0.2) is 30.3 Å². The molecule has 100 valence electrons. The predicted molar refractivity (Wildman–Crippen MR) is 77.6 cm³/mol. The summed E-state index contributed by atoms with van der Waals surface area (Å²) >= 11 is 0. The van der Waals surface area contributed by atoms with Crippen molar-refractivity contribution in [1.82, 2.24) is 0 Å². The number of benzene rings is 1. The van der Waals surface area contributed by atoms with Crippen LogP contribution in [-0.4, -0.2) is 15.5 Å². The molecule has 5 atom stereocenters. The first-order valence-electron chi connectivity index (χ1n) is 6.74. The van der Waals surface area contributed by atoms with Crippen molar-refractivity contribution in [2.45, 2.75) is 43.7 Å². The minimum atomic E-state index is -0.858. The second-order valence-electron chi connectivity index (χ2n) is 5.69. The lowest BCUT2D eigenvalue weighted by Crippen LogP contribution is -2.47. The van der Waals surface area contributed by atoms with Gasteiger partial charge in [0.2, 0.25) is 0 Å². The maximum atomic E-state index is 12.5. The fourth-order valence-corrected chi connectivity index (χ4v) is 5.02. The van der Waals surface area contributed by atoms with Crippen LogP contribution >= 0.6 is 0 Å². The maximum absolute atomic E-state index is 12.5. The van der Waals surface area contributed by atoms with Crippen molar-refractivity contribution in [3.05, 3.63) is 35.9 Å². The van der Waals surface area contributed by atoms with Crippen LogP contribution in [0.1, 0.15) is 32.3 Å². The second-order valence-corrected chi connectivity index (χ2v) is 7.29. The van der Waals surface area contributed by atoms with Crippen LogP contribution < -0.4 is 5.73 Å². The van der Waals surface area contributed by atoms with Crippen molar-refractivity contribution in [3.8, 4) is 0 Å². The molecule has 0 amide bonds. The Labute approximate surface area is 112 Å². The van der Waals surface area contributed by atoms with Gasteiger partial charge in [-0.25, -0.2) is 0 Å². The third-order valence-electron chi connectivity index (χ3n) is 3.89. The predicted octanol–water partition coefficient (Wildman–Crippen LogP) is 2.70. The zero-order chi connectivity index (χ0) is 13.1. The van der Waals surface area contributed by atoms with Gasteiger partial charge in [0.05, 0.1) is 5.25 Å². The molecule has 0 saturated heterocycles. The zero-order valence-electron chi connectivity index (χ0n) is 11.2. The van der Waals surface area contributed by atoms with Crippen LogP contribution in [0.2, 0.25) is 0 Å². The molecule has 1 aliphatic rings. The number of rotatable bonds is 3. The largest absolute Gasteiger partial charge is 0.327 e. The van der Waals surface area contributed by atoms with Gasteiger partial charge in [-0.15, -0.1) is 0 Å². The van der Waals surface area contributed by atoms with Crippen molar-refractivity contribution in [2.24, 2.45) is 17.6 Å². The highest BCUT2D eigenvalue weighted by atomic mass is 32.2. The lowest BCUT2D eigenvalue weighted by atomic mass is 9.80. The van der Waals surface area contributed by atoms with E-state index in [1.807, 2.05) is 30.3 Å². The Morgan fingerprint density at radius 2 is 1.89 bits per heavy atom. The van der Waals surface area contributed by atoms with E-state index < -0.39 is 10.8 Å². The molecular weight excluding hydrogens is 242 g/mol. The monoisotopic (exact) mass is 265 g/mol. The van der Waals surface area contributed by atoms with Gasteiger partial charge in [-0.2, -0.15) is 0 Å². The summed E-state index contributed by atoms with van der Waals surface area (Å²) in [4.78, 5) is 0. The van der Waals surface area contributed by atoms with Gasteiger partial charge >= 0.3 is 0 Å². The molecule has 2 rings (SSSR count). The Morgan fingerprint density at radius 1 is 1.22 bits per heavy atom. The lowest BCUT2D eigenvalue weighted by molar-refractivity contribution is 0.275. The Bertz CT molecular complexity index is 394. The fourth-order valence-electron chi connectivity index (χ4n) is 3.17. The van der Waals surface area contributed by atoms with Crippen LogP contribution in [-0.2, 0) is 16.6 Å². The van der Waals surface area contributed by atoms with Crippen LogP contribution in [0.4, 0.5) is 0 Å². The maximum Gasteiger partial charge on any atom is 0.0528 e. The van der Waals surface area contributed by atoms with E-state index in [1.165, 1.54) is 0 Å². The average Bonchev–Trinajstić information content (AvgIpc) is 2.28. The molecule has 0 aromatic heterocycles. The quantitative estimate of drug-likeness (QED) is 0.913. The highest BCUT2D eigenvalue weighted by Crippen LogP contribution is 2.32. The summed E-state index contributed by atoms with van der Waals surface area (Å²) in [5.41, 5.74) is 7.37. The molecule has 1 saturated carbocycles. The van der Waals surface area contributed by atoms with Gasteiger partial charge in [-0.05, 0) is 30.2 Å². The fraction of sp³-hybridized carbons (Fsp3) is 0.600. The molecule has 0 radical (unpaired) electrons. The topological polar surface area (TPSA) is 43.1 Å². The number of hydrogen-bond acceptors (Lipinski definition) is 2. The summed E-state index contributed by atoms with van der Waals surface area (Å²) in [5.74, 6) is 1.77. The molecule has 0 aliphatic heterocycles. The Kier molecular flexibility index (Phi) is 4.57. The molecule has 0 bridgehead atoms. The van der Waals surface area contributed by atoms with E-state index in [9.17, 15) is 4.21 Å². The van der Waals surface area contributed by atoms with Crippen LogP contribution in [0, 0.1) is 11.8 Å². The molecule has 1 aromatic rings. The van der Waals surface area contributed by atoms with E-state index in [0.717, 1.165) is 18.4 Å². The first-order chi connectivity index (χ1) is 8.58. The van der Waals surface area contributed by atoms with Crippen LogP contribution in [0.5, 0.6) is 0 Å². The summed E-state index contributed by atoms with van der Waals surface area (Å²) in [6.07, 6.45) is 2.16. The van der Waals surface area contributed by atoms with Crippen molar-refractivity contribution < 1.29 is 4.21 Å². The normalized spacial score (nSPS) is 34.2. The van der Waals surface area contributed by atoms with E-state index in [4.69, 9.17) is 5.73 Å². The van der Waals surface area contributed by atoms with Crippen LogP contribution in [0.3, 0.4) is 0 Å². The molecule has 18 heavy (non-hydrogen) atoms. The zero-order valence-corrected chi connectivity index (χ0v) is 12.0. The van der Waals surface area contributed by atoms with Crippen molar-refractivity contribution >= 4 is 10.8 Å². The minimum Gasteiger partial charge on any atom is -0.327 e. The third-order valence-corrected chi connectivity index (χ3v) is 5.93. The molecule has 3 heteroatoms. The summed E-state index contributed by atoms with van der Waals surface area (Å²) in [7, 11) is -0.858. The highest BCUT2D eigenvalue weighted by Gasteiger charge is 2.35. The smallest absolute Gasteiger partial charge is 0.0528 e. The molecule has 5 unspecified atom stereocenters. The van der Waals surface area contributed by atoms with Gasteiger partial charge in [-0.3, -0.25) is 4.21 Å². The molecule has 1 fully saturated rings. The SMILES string of the molecule is CC1CC(C)C(S(=O)Cc2ccccc2)C(N)C1. The van der Waals surface area contributed by atoms with E-state index in [1.54, 1.807) is 0 Å². The standard InChI is InChI=1S/C15H23NOS/c1-11-8-12(2)15(14(16)9-11)18(17)10-13-6-4-3-5-7-13/h3-7,11-12,14-15H,8-10,16H2,1-2H3. The molecular formula is C15H23NOS. The van der Waals surface area contributed by atoms with E-state index in [-0.39, 0.29) is 11.3 Å². The van der Waals surface area contributed by atoms with Crippen LogP contribution in [0.25, 0.3) is 0 Å². The highest BCUT2D eigenvalue weighted by molar-refractivity contribution is 7.84. The summed E-state index contributed by atoms with van der Waals surface area (Å²) in [6, 6.07) is 10.2. The molecule has 0 spiro atoms. The van der Waals surface area contributed by atoms with Crippen molar-refractivity contribution in [1.29, 1.82) is 0 Å². The lowest BCUT2D eigenvalue weighted by Gasteiger charge is -2.37. The van der Waals surface area contributed by atoms with Gasteiger partial charge in [0.1, 0.15) is 0 Å². The molecule has 1 aliphatic carbocycles. The minimum absolute atomic E-state index is 0.0910. The Morgan fingerprint density at radius 3 is 2.50 bits per heavy atom. The van der Waals surface area contributed by atoms with Gasteiger partial charge in [-0.1, -0.05) is 44.2 Å². The molecule has 2 nitrogen and oxygen atoms in total. The summed E-state index contributed by atoms with van der Waals surface area (Å²) in [5, 5.41) is 0.154. The van der Waals surface area contributed by atoms with Gasteiger partial charge in [0.15, 0.2) is 0 Å². The van der Waals surface area contributed by atoms with E-state index in [2.05, 4.69) is 13.8 Å². The van der Waals surface area contributed by atoms with E-state index >= 15 is 0 Å². The summed E-state index contributed by atoms with van der Waals surface area (Å²) < 4.78 is 12.5. The van der Waals surface area contributed by atoms with Crippen molar-refractivity contribution in [3.63, 3.8) is 0 Å². The Balaban J connectivity index is 2.04.